The minimum Gasteiger partial charge on any atom is -0.274 e. The van der Waals surface area contributed by atoms with Crippen LogP contribution in [0.15, 0.2) is 83.7 Å². The molecule has 0 aliphatic heterocycles. The van der Waals surface area contributed by atoms with Gasteiger partial charge in [-0.1, -0.05) is 48.5 Å². The van der Waals surface area contributed by atoms with Gasteiger partial charge < -0.3 is 0 Å². The van der Waals surface area contributed by atoms with Gasteiger partial charge in [0, 0.05) is 11.6 Å². The van der Waals surface area contributed by atoms with Gasteiger partial charge in [-0.3, -0.25) is 20.4 Å². The summed E-state index contributed by atoms with van der Waals surface area (Å²) < 4.78 is 1.43. The van der Waals surface area contributed by atoms with Gasteiger partial charge in [0.05, 0.1) is 11.4 Å². The number of amides is 3. The second-order valence-electron chi connectivity index (χ2n) is 6.54. The third-order valence-corrected chi connectivity index (χ3v) is 4.43. The molecular formula is C21H18N8O3. The number of carbonyl (C=O) groups excluding carboxylic acids is 2. The van der Waals surface area contributed by atoms with E-state index < -0.39 is 17.5 Å². The lowest BCUT2D eigenvalue weighted by molar-refractivity contribution is 0.0820. The van der Waals surface area contributed by atoms with Crippen molar-refractivity contribution in [2.24, 2.45) is 5.84 Å². The van der Waals surface area contributed by atoms with Crippen molar-refractivity contribution in [1.82, 2.24) is 30.4 Å². The number of benzene rings is 2. The van der Waals surface area contributed by atoms with Crippen molar-refractivity contribution in [3.63, 3.8) is 0 Å². The Morgan fingerprint density at radius 3 is 2.28 bits per heavy atom. The number of nitrogens with zero attached hydrogens (tertiary/aromatic N) is 4. The second-order valence-corrected chi connectivity index (χ2v) is 6.54. The fourth-order valence-electron chi connectivity index (χ4n) is 2.94. The van der Waals surface area contributed by atoms with E-state index in [0.29, 0.717) is 16.4 Å². The van der Waals surface area contributed by atoms with E-state index in [4.69, 9.17) is 5.84 Å². The molecule has 0 fully saturated rings. The van der Waals surface area contributed by atoms with Crippen molar-refractivity contribution in [1.29, 1.82) is 0 Å². The largest absolute Gasteiger partial charge is 0.357 e. The predicted octanol–water partition coefficient (Wildman–Crippen LogP) is 1.68. The number of rotatable bonds is 5. The van der Waals surface area contributed by atoms with Crippen LogP contribution < -0.4 is 22.3 Å². The molecule has 4 rings (SSSR count). The lowest BCUT2D eigenvalue weighted by atomic mass is 10.1. The Bertz CT molecular complexity index is 1280. The van der Waals surface area contributed by atoms with E-state index in [1.165, 1.54) is 16.8 Å². The van der Waals surface area contributed by atoms with Gasteiger partial charge in [-0.2, -0.15) is 15.2 Å². The first-order valence-corrected chi connectivity index (χ1v) is 9.45. The number of aromatic nitrogens is 4. The molecule has 0 saturated carbocycles. The van der Waals surface area contributed by atoms with Gasteiger partial charge in [-0.05, 0) is 24.3 Å². The molecule has 11 nitrogen and oxygen atoms in total. The Labute approximate surface area is 181 Å². The summed E-state index contributed by atoms with van der Waals surface area (Å²) in [5.74, 6) is 4.58. The van der Waals surface area contributed by atoms with Crippen molar-refractivity contribution < 1.29 is 9.59 Å². The molecule has 3 amide bonds. The van der Waals surface area contributed by atoms with Crippen LogP contribution in [0.3, 0.4) is 0 Å². The molecule has 32 heavy (non-hydrogen) atoms. The molecule has 2 heterocycles. The SMILES string of the molecule is NNC(=O)N(Nc1ccc(=O)[nH]n1)C(=O)c1cc(-c2ccccc2)nn1-c1ccccc1. The average Bonchev–Trinajstić information content (AvgIpc) is 3.29. The van der Waals surface area contributed by atoms with E-state index in [1.807, 2.05) is 41.8 Å². The van der Waals surface area contributed by atoms with E-state index in [9.17, 15) is 14.4 Å². The van der Waals surface area contributed by atoms with Crippen molar-refractivity contribution >= 4 is 17.8 Å². The number of anilines is 1. The van der Waals surface area contributed by atoms with Gasteiger partial charge in [0.15, 0.2) is 5.82 Å². The number of nitrogens with one attached hydrogen (secondary N) is 3. The smallest absolute Gasteiger partial charge is 0.274 e. The number of aromatic amines is 1. The van der Waals surface area contributed by atoms with Crippen LogP contribution in [0, 0.1) is 0 Å². The molecule has 0 saturated heterocycles. The zero-order valence-electron chi connectivity index (χ0n) is 16.6. The minimum atomic E-state index is -0.940. The first-order chi connectivity index (χ1) is 15.6. The molecule has 0 atom stereocenters. The zero-order chi connectivity index (χ0) is 22.5. The second kappa shape index (κ2) is 8.93. The van der Waals surface area contributed by atoms with Crippen LogP contribution in [-0.2, 0) is 0 Å². The number of urea groups is 1. The quantitative estimate of drug-likeness (QED) is 0.214. The van der Waals surface area contributed by atoms with Crippen LogP contribution in [-0.4, -0.2) is 36.9 Å². The topological polar surface area (TPSA) is 151 Å². The van der Waals surface area contributed by atoms with Gasteiger partial charge in [0.2, 0.25) is 0 Å². The Morgan fingerprint density at radius 2 is 1.66 bits per heavy atom. The van der Waals surface area contributed by atoms with Crippen LogP contribution in [0.25, 0.3) is 16.9 Å². The number of carbonyl (C=O) groups is 2. The maximum absolute atomic E-state index is 13.4. The summed E-state index contributed by atoms with van der Waals surface area (Å²) in [7, 11) is 0. The molecule has 0 unspecified atom stereocenters. The first-order valence-electron chi connectivity index (χ1n) is 9.45. The highest BCUT2D eigenvalue weighted by atomic mass is 16.2. The third kappa shape index (κ3) is 4.22. The lowest BCUT2D eigenvalue weighted by Crippen LogP contribution is -2.50. The molecule has 5 N–H and O–H groups in total. The Hall–Kier alpha value is -4.77. The Kier molecular flexibility index (Phi) is 5.72. The summed E-state index contributed by atoms with van der Waals surface area (Å²) in [5.41, 5.74) is 6.07. The molecule has 0 aliphatic rings. The Morgan fingerprint density at radius 1 is 0.969 bits per heavy atom. The summed E-state index contributed by atoms with van der Waals surface area (Å²) in [5, 5.41) is 11.2. The number of hydrazine groups is 2. The van der Waals surface area contributed by atoms with E-state index in [0.717, 1.165) is 5.56 Å². The fraction of sp³-hybridized carbons (Fsp3) is 0. The van der Waals surface area contributed by atoms with Crippen molar-refractivity contribution in [2.75, 3.05) is 5.43 Å². The van der Waals surface area contributed by atoms with Crippen LogP contribution in [0.1, 0.15) is 10.5 Å². The van der Waals surface area contributed by atoms with E-state index in [2.05, 4.69) is 20.7 Å². The highest BCUT2D eigenvalue weighted by Gasteiger charge is 2.28. The summed E-state index contributed by atoms with van der Waals surface area (Å²) in [6.45, 7) is 0. The molecule has 4 aromatic rings. The van der Waals surface area contributed by atoms with Crippen LogP contribution >= 0.6 is 0 Å². The number of hydrogen-bond acceptors (Lipinski definition) is 7. The maximum Gasteiger partial charge on any atom is 0.357 e. The normalized spacial score (nSPS) is 10.4. The predicted molar refractivity (Wildman–Crippen MR) is 116 cm³/mol. The van der Waals surface area contributed by atoms with E-state index >= 15 is 0 Å². The number of H-pyrrole nitrogens is 1. The molecular weight excluding hydrogens is 412 g/mol. The van der Waals surface area contributed by atoms with Gasteiger partial charge in [-0.25, -0.2) is 20.4 Å². The van der Waals surface area contributed by atoms with Crippen LogP contribution in [0.2, 0.25) is 0 Å². The zero-order valence-corrected chi connectivity index (χ0v) is 16.6. The number of imide groups is 1. The Balaban J connectivity index is 1.78. The van der Waals surface area contributed by atoms with Gasteiger partial charge >= 0.3 is 6.03 Å². The lowest BCUT2D eigenvalue weighted by Gasteiger charge is -2.21. The molecule has 0 bridgehead atoms. The number of hydrogen-bond donors (Lipinski definition) is 4. The molecule has 11 heteroatoms. The summed E-state index contributed by atoms with van der Waals surface area (Å²) in [6.07, 6.45) is 0. The molecule has 160 valence electrons. The first kappa shape index (κ1) is 20.5. The van der Waals surface area contributed by atoms with Crippen LogP contribution in [0.4, 0.5) is 10.6 Å². The minimum absolute atomic E-state index is 0.0515. The molecule has 2 aromatic heterocycles. The summed E-state index contributed by atoms with van der Waals surface area (Å²) >= 11 is 0. The maximum atomic E-state index is 13.4. The van der Waals surface area contributed by atoms with Gasteiger partial charge in [0.25, 0.3) is 11.5 Å². The number of nitrogens with two attached hydrogens (primary N) is 1. The van der Waals surface area contributed by atoms with Gasteiger partial charge in [0.1, 0.15) is 5.69 Å². The third-order valence-electron chi connectivity index (χ3n) is 4.43. The van der Waals surface area contributed by atoms with E-state index in [-0.39, 0.29) is 11.5 Å². The molecule has 0 radical (unpaired) electrons. The van der Waals surface area contributed by atoms with Crippen molar-refractivity contribution in [2.45, 2.75) is 0 Å². The van der Waals surface area contributed by atoms with Crippen LogP contribution in [0.5, 0.6) is 0 Å². The van der Waals surface area contributed by atoms with Crippen molar-refractivity contribution in [3.05, 3.63) is 94.9 Å². The monoisotopic (exact) mass is 430 g/mol. The summed E-state index contributed by atoms with van der Waals surface area (Å²) in [6, 6.07) is 21.5. The standard InChI is InChI=1S/C21H18N8O3/c22-23-21(32)29(27-18-11-12-19(30)25-24-18)20(31)17-13-16(14-7-3-1-4-8-14)26-28(17)15-9-5-2-6-10-15/h1-13H,22H2,(H,23,32)(H,24,27)(H,25,30). The molecule has 0 spiro atoms. The molecule has 0 aliphatic carbocycles. The fourth-order valence-corrected chi connectivity index (χ4v) is 2.94. The number of para-hydroxylation sites is 1. The average molecular weight is 430 g/mol. The highest BCUT2D eigenvalue weighted by molar-refractivity contribution is 6.04. The van der Waals surface area contributed by atoms with Crippen molar-refractivity contribution in [3.8, 4) is 16.9 Å². The molecule has 2 aromatic carbocycles. The van der Waals surface area contributed by atoms with E-state index in [1.54, 1.807) is 30.3 Å². The van der Waals surface area contributed by atoms with Gasteiger partial charge in [-0.15, -0.1) is 0 Å². The highest BCUT2D eigenvalue weighted by Crippen LogP contribution is 2.23. The summed E-state index contributed by atoms with van der Waals surface area (Å²) in [4.78, 5) is 37.1.